The average molecular weight is 386 g/mol. The van der Waals surface area contributed by atoms with Gasteiger partial charge in [0.05, 0.1) is 24.8 Å². The van der Waals surface area contributed by atoms with E-state index in [9.17, 15) is 9.59 Å². The van der Waals surface area contributed by atoms with E-state index < -0.39 is 0 Å². The number of benzene rings is 3. The van der Waals surface area contributed by atoms with E-state index in [1.165, 1.54) is 0 Å². The Hall–Kier alpha value is -3.60. The van der Waals surface area contributed by atoms with E-state index in [4.69, 9.17) is 4.74 Å². The van der Waals surface area contributed by atoms with E-state index in [1.807, 2.05) is 68.4 Å². The molecule has 1 aliphatic rings. The van der Waals surface area contributed by atoms with Crippen LogP contribution >= 0.6 is 0 Å². The first kappa shape index (κ1) is 18.7. The minimum atomic E-state index is -0.277. The number of hydrogen-bond donors (Lipinski definition) is 1. The molecule has 3 aromatic carbocycles. The highest BCUT2D eigenvalue weighted by atomic mass is 16.5. The highest BCUT2D eigenvalue weighted by Crippen LogP contribution is 2.32. The Bertz CT molecular complexity index is 1100. The standard InChI is InChI=1S/C24H22N2O3/c1-15-6-4-9-21(16(15)2)25-23(27)20-8-5-7-17-14-26(24(28)22(17)20)18-10-12-19(29-3)13-11-18/h4-13H,14H2,1-3H3,(H,25,27). The number of nitrogens with one attached hydrogen (secondary N) is 1. The maximum absolute atomic E-state index is 13.2. The lowest BCUT2D eigenvalue weighted by molar-refractivity contribution is 0.0976. The fourth-order valence-corrected chi connectivity index (χ4v) is 3.60. The van der Waals surface area contributed by atoms with Gasteiger partial charge in [-0.05, 0) is 66.9 Å². The third-order valence-electron chi connectivity index (χ3n) is 5.42. The van der Waals surface area contributed by atoms with Gasteiger partial charge in [0.15, 0.2) is 0 Å². The second-order valence-electron chi connectivity index (χ2n) is 7.13. The maximum atomic E-state index is 13.2. The van der Waals surface area contributed by atoms with Gasteiger partial charge in [-0.2, -0.15) is 0 Å². The van der Waals surface area contributed by atoms with E-state index >= 15 is 0 Å². The Morgan fingerprint density at radius 2 is 1.72 bits per heavy atom. The molecule has 0 radical (unpaired) electrons. The summed E-state index contributed by atoms with van der Waals surface area (Å²) < 4.78 is 5.19. The van der Waals surface area contributed by atoms with Gasteiger partial charge in [0, 0.05) is 11.4 Å². The van der Waals surface area contributed by atoms with Crippen LogP contribution in [0.2, 0.25) is 0 Å². The van der Waals surface area contributed by atoms with Crippen LogP contribution in [-0.2, 0) is 6.54 Å². The molecule has 1 heterocycles. The van der Waals surface area contributed by atoms with Crippen molar-refractivity contribution in [1.82, 2.24) is 0 Å². The second kappa shape index (κ2) is 7.43. The molecule has 2 amide bonds. The van der Waals surface area contributed by atoms with Crippen LogP contribution in [0, 0.1) is 13.8 Å². The highest BCUT2D eigenvalue weighted by Gasteiger charge is 2.32. The smallest absolute Gasteiger partial charge is 0.259 e. The molecule has 146 valence electrons. The highest BCUT2D eigenvalue weighted by molar-refractivity contribution is 6.18. The molecular formula is C24H22N2O3. The zero-order valence-electron chi connectivity index (χ0n) is 16.7. The molecule has 0 fully saturated rings. The number of rotatable bonds is 4. The monoisotopic (exact) mass is 386 g/mol. The lowest BCUT2D eigenvalue weighted by Gasteiger charge is -2.16. The van der Waals surface area contributed by atoms with Gasteiger partial charge in [0.25, 0.3) is 11.8 Å². The minimum Gasteiger partial charge on any atom is -0.497 e. The number of ether oxygens (including phenoxy) is 1. The molecule has 29 heavy (non-hydrogen) atoms. The Balaban J connectivity index is 1.64. The SMILES string of the molecule is COc1ccc(N2Cc3cccc(C(=O)Nc4cccc(C)c4C)c3C2=O)cc1. The maximum Gasteiger partial charge on any atom is 0.259 e. The van der Waals surface area contributed by atoms with Gasteiger partial charge < -0.3 is 15.0 Å². The van der Waals surface area contributed by atoms with Crippen molar-refractivity contribution in [3.63, 3.8) is 0 Å². The molecule has 0 unspecified atom stereocenters. The van der Waals surface area contributed by atoms with Crippen molar-refractivity contribution in [3.05, 3.63) is 88.5 Å². The van der Waals surface area contributed by atoms with Crippen molar-refractivity contribution in [2.75, 3.05) is 17.3 Å². The summed E-state index contributed by atoms with van der Waals surface area (Å²) in [4.78, 5) is 27.9. The lowest BCUT2D eigenvalue weighted by atomic mass is 10.0. The quantitative estimate of drug-likeness (QED) is 0.706. The number of methoxy groups -OCH3 is 1. The molecule has 0 aliphatic carbocycles. The largest absolute Gasteiger partial charge is 0.497 e. The molecule has 0 spiro atoms. The zero-order chi connectivity index (χ0) is 20.5. The summed E-state index contributed by atoms with van der Waals surface area (Å²) in [7, 11) is 1.60. The summed E-state index contributed by atoms with van der Waals surface area (Å²) in [6.45, 7) is 4.41. The first-order chi connectivity index (χ1) is 14.0. The lowest BCUT2D eigenvalue weighted by Crippen LogP contribution is -2.24. The number of anilines is 2. The van der Waals surface area contributed by atoms with Crippen molar-refractivity contribution in [3.8, 4) is 5.75 Å². The van der Waals surface area contributed by atoms with E-state index in [1.54, 1.807) is 18.1 Å². The second-order valence-corrected chi connectivity index (χ2v) is 7.13. The zero-order valence-corrected chi connectivity index (χ0v) is 16.7. The Morgan fingerprint density at radius 1 is 1.00 bits per heavy atom. The molecule has 0 bridgehead atoms. The van der Waals surface area contributed by atoms with Gasteiger partial charge in [0.1, 0.15) is 5.75 Å². The first-order valence-electron chi connectivity index (χ1n) is 9.45. The molecule has 4 rings (SSSR count). The number of fused-ring (bicyclic) bond motifs is 1. The number of hydrogen-bond acceptors (Lipinski definition) is 3. The van der Waals surface area contributed by atoms with Crippen LogP contribution in [0.1, 0.15) is 37.4 Å². The molecule has 5 heteroatoms. The minimum absolute atomic E-state index is 0.170. The third-order valence-corrected chi connectivity index (χ3v) is 5.42. The summed E-state index contributed by atoms with van der Waals surface area (Å²) in [5, 5.41) is 2.96. The van der Waals surface area contributed by atoms with Gasteiger partial charge in [0.2, 0.25) is 0 Å². The average Bonchev–Trinajstić information content (AvgIpc) is 3.08. The molecule has 0 saturated heterocycles. The van der Waals surface area contributed by atoms with Crippen LogP contribution in [0.15, 0.2) is 60.7 Å². The van der Waals surface area contributed by atoms with Crippen LogP contribution < -0.4 is 15.0 Å². The van der Waals surface area contributed by atoms with Crippen LogP contribution in [-0.4, -0.2) is 18.9 Å². The van der Waals surface area contributed by atoms with Crippen molar-refractivity contribution in [2.24, 2.45) is 0 Å². The van der Waals surface area contributed by atoms with Gasteiger partial charge in [-0.25, -0.2) is 0 Å². The fraction of sp³-hybridized carbons (Fsp3) is 0.167. The molecule has 0 atom stereocenters. The third kappa shape index (κ3) is 3.36. The Morgan fingerprint density at radius 3 is 2.45 bits per heavy atom. The summed E-state index contributed by atoms with van der Waals surface area (Å²) in [6.07, 6.45) is 0. The first-order valence-corrected chi connectivity index (χ1v) is 9.45. The van der Waals surface area contributed by atoms with Crippen LogP contribution in [0.4, 0.5) is 11.4 Å². The van der Waals surface area contributed by atoms with Crippen molar-refractivity contribution in [2.45, 2.75) is 20.4 Å². The summed E-state index contributed by atoms with van der Waals surface area (Å²) >= 11 is 0. The van der Waals surface area contributed by atoms with Crippen molar-refractivity contribution < 1.29 is 14.3 Å². The van der Waals surface area contributed by atoms with Gasteiger partial charge >= 0.3 is 0 Å². The summed E-state index contributed by atoms with van der Waals surface area (Å²) in [6, 6.07) is 18.5. The van der Waals surface area contributed by atoms with E-state index in [0.29, 0.717) is 17.7 Å². The van der Waals surface area contributed by atoms with E-state index in [-0.39, 0.29) is 11.8 Å². The molecule has 0 aromatic heterocycles. The van der Waals surface area contributed by atoms with Crippen molar-refractivity contribution >= 4 is 23.2 Å². The van der Waals surface area contributed by atoms with Crippen LogP contribution in [0.25, 0.3) is 0 Å². The van der Waals surface area contributed by atoms with E-state index in [0.717, 1.165) is 33.8 Å². The van der Waals surface area contributed by atoms with E-state index in [2.05, 4.69) is 5.32 Å². The fourth-order valence-electron chi connectivity index (χ4n) is 3.60. The number of amides is 2. The van der Waals surface area contributed by atoms with Crippen LogP contribution in [0.5, 0.6) is 5.75 Å². The van der Waals surface area contributed by atoms with Gasteiger partial charge in [-0.3, -0.25) is 9.59 Å². The van der Waals surface area contributed by atoms with Crippen molar-refractivity contribution in [1.29, 1.82) is 0 Å². The van der Waals surface area contributed by atoms with Gasteiger partial charge in [-0.1, -0.05) is 24.3 Å². The molecule has 1 N–H and O–H groups in total. The summed E-state index contributed by atoms with van der Waals surface area (Å²) in [5.74, 6) is 0.281. The molecule has 1 aliphatic heterocycles. The summed E-state index contributed by atoms with van der Waals surface area (Å²) in [5.41, 5.74) is 5.34. The molecule has 5 nitrogen and oxygen atoms in total. The Labute approximate surface area is 169 Å². The van der Waals surface area contributed by atoms with Gasteiger partial charge in [-0.15, -0.1) is 0 Å². The predicted molar refractivity (Wildman–Crippen MR) is 114 cm³/mol. The number of nitrogens with zero attached hydrogens (tertiary/aromatic N) is 1. The van der Waals surface area contributed by atoms with Crippen LogP contribution in [0.3, 0.4) is 0 Å². The molecule has 0 saturated carbocycles. The topological polar surface area (TPSA) is 58.6 Å². The normalized spacial score (nSPS) is 12.7. The number of carbonyl (C=O) groups is 2. The number of aryl methyl sites for hydroxylation is 1. The molecule has 3 aromatic rings. The number of carbonyl (C=O) groups excluding carboxylic acids is 2. The Kier molecular flexibility index (Phi) is 4.80. The predicted octanol–water partition coefficient (Wildman–Crippen LogP) is 4.72. The molecular weight excluding hydrogens is 364 g/mol.